The number of carbonyl (C=O) groups is 1. The summed E-state index contributed by atoms with van der Waals surface area (Å²) in [6, 6.07) is 5.16. The lowest BCUT2D eigenvalue weighted by atomic mass is 10.2. The number of hydrogen-bond acceptors (Lipinski definition) is 8. The molecular weight excluding hydrogens is 362 g/mol. The third-order valence-electron chi connectivity index (χ3n) is 3.15. The van der Waals surface area contributed by atoms with E-state index in [2.05, 4.69) is 20.7 Å². The zero-order valence-corrected chi connectivity index (χ0v) is 15.0. The van der Waals surface area contributed by atoms with E-state index >= 15 is 0 Å². The van der Waals surface area contributed by atoms with Gasteiger partial charge in [-0.05, 0) is 25.1 Å². The average Bonchev–Trinajstić information content (AvgIpc) is 2.63. The molecule has 1 unspecified atom stereocenters. The summed E-state index contributed by atoms with van der Waals surface area (Å²) in [6.07, 6.45) is 1.42. The lowest BCUT2D eigenvalue weighted by molar-refractivity contribution is -0.120. The normalized spacial score (nSPS) is 12.0. The predicted octanol–water partition coefficient (Wildman–Crippen LogP) is 0.106. The number of rotatable bonds is 7. The summed E-state index contributed by atoms with van der Waals surface area (Å²) in [4.78, 5) is 36.6. The van der Waals surface area contributed by atoms with Gasteiger partial charge in [0.25, 0.3) is 11.5 Å². The van der Waals surface area contributed by atoms with Crippen LogP contribution in [-0.2, 0) is 4.79 Å². The van der Waals surface area contributed by atoms with Crippen LogP contribution in [0.3, 0.4) is 0 Å². The van der Waals surface area contributed by atoms with Gasteiger partial charge in [-0.25, -0.2) is 15.3 Å². The van der Waals surface area contributed by atoms with Gasteiger partial charge in [-0.2, -0.15) is 10.2 Å². The molecule has 1 atom stereocenters. The molecule has 0 saturated carbocycles. The second-order valence-corrected chi connectivity index (χ2v) is 6.24. The molecular formula is C15H17N5O5S. The molecule has 1 amide bonds. The number of aromatic amines is 2. The number of H-pyrrole nitrogens is 2. The van der Waals surface area contributed by atoms with Gasteiger partial charge in [-0.1, -0.05) is 11.8 Å². The summed E-state index contributed by atoms with van der Waals surface area (Å²) < 4.78 is 10.3. The Morgan fingerprint density at radius 3 is 2.77 bits per heavy atom. The van der Waals surface area contributed by atoms with Crippen molar-refractivity contribution in [2.45, 2.75) is 17.2 Å². The lowest BCUT2D eigenvalue weighted by Crippen LogP contribution is -2.30. The summed E-state index contributed by atoms with van der Waals surface area (Å²) >= 11 is 0.891. The van der Waals surface area contributed by atoms with Crippen molar-refractivity contribution in [2.75, 3.05) is 14.2 Å². The molecule has 3 N–H and O–H groups in total. The number of aromatic nitrogens is 3. The van der Waals surface area contributed by atoms with Crippen LogP contribution in [0.5, 0.6) is 11.5 Å². The third kappa shape index (κ3) is 4.96. The van der Waals surface area contributed by atoms with Crippen molar-refractivity contribution in [3.8, 4) is 11.5 Å². The van der Waals surface area contributed by atoms with Gasteiger partial charge >= 0.3 is 5.69 Å². The fourth-order valence-corrected chi connectivity index (χ4v) is 2.59. The van der Waals surface area contributed by atoms with Crippen LogP contribution >= 0.6 is 11.8 Å². The summed E-state index contributed by atoms with van der Waals surface area (Å²) in [5.41, 5.74) is 1.61. The molecule has 2 aromatic rings. The van der Waals surface area contributed by atoms with E-state index in [1.165, 1.54) is 20.4 Å². The lowest BCUT2D eigenvalue weighted by Gasteiger charge is -2.08. The van der Waals surface area contributed by atoms with Gasteiger partial charge in [0.15, 0.2) is 5.03 Å². The van der Waals surface area contributed by atoms with Gasteiger partial charge < -0.3 is 9.47 Å². The van der Waals surface area contributed by atoms with Crippen LogP contribution < -0.4 is 26.1 Å². The first kappa shape index (κ1) is 19.2. The number of ether oxygens (including phenoxy) is 2. The van der Waals surface area contributed by atoms with Crippen molar-refractivity contribution in [2.24, 2.45) is 5.10 Å². The molecule has 0 saturated heterocycles. The largest absolute Gasteiger partial charge is 0.497 e. The minimum atomic E-state index is -0.715. The molecule has 0 spiro atoms. The molecule has 0 aliphatic rings. The number of nitrogens with one attached hydrogen (secondary N) is 3. The van der Waals surface area contributed by atoms with Gasteiger partial charge in [0.05, 0.1) is 25.7 Å². The molecule has 0 fully saturated rings. The van der Waals surface area contributed by atoms with Crippen molar-refractivity contribution in [1.29, 1.82) is 0 Å². The molecule has 0 aliphatic heterocycles. The van der Waals surface area contributed by atoms with E-state index in [0.29, 0.717) is 17.1 Å². The standard InChI is InChI=1S/C15H17N5O5S/c1-8(26-14-13(22)17-15(23)20-19-14)12(21)18-16-7-9-6-10(24-2)4-5-11(9)25-3/h4-8H,1-3H3,(H,18,21)(H2,17,20,22,23)/b16-7+. The van der Waals surface area contributed by atoms with Crippen LogP contribution in [0.15, 0.2) is 37.9 Å². The molecule has 26 heavy (non-hydrogen) atoms. The van der Waals surface area contributed by atoms with E-state index in [1.54, 1.807) is 25.1 Å². The van der Waals surface area contributed by atoms with Crippen molar-refractivity contribution in [1.82, 2.24) is 20.6 Å². The number of benzene rings is 1. The van der Waals surface area contributed by atoms with E-state index in [1.807, 2.05) is 4.98 Å². The Bertz CT molecular complexity index is 923. The molecule has 11 heteroatoms. The first-order valence-corrected chi connectivity index (χ1v) is 8.23. The molecule has 1 aromatic heterocycles. The number of carbonyl (C=O) groups excluding carboxylic acids is 1. The monoisotopic (exact) mass is 379 g/mol. The number of methoxy groups -OCH3 is 2. The Kier molecular flexibility index (Phi) is 6.55. The quantitative estimate of drug-likeness (QED) is 0.352. The van der Waals surface area contributed by atoms with Crippen molar-refractivity contribution in [3.63, 3.8) is 0 Å². The first-order chi connectivity index (χ1) is 12.4. The Morgan fingerprint density at radius 2 is 2.12 bits per heavy atom. The Balaban J connectivity index is 2.02. The van der Waals surface area contributed by atoms with Crippen LogP contribution in [0.1, 0.15) is 12.5 Å². The van der Waals surface area contributed by atoms with E-state index < -0.39 is 22.4 Å². The molecule has 0 bridgehead atoms. The Labute approximate surface area is 152 Å². The highest BCUT2D eigenvalue weighted by atomic mass is 32.2. The van der Waals surface area contributed by atoms with E-state index in [-0.39, 0.29) is 5.03 Å². The maximum atomic E-state index is 12.1. The van der Waals surface area contributed by atoms with Crippen molar-refractivity contribution < 1.29 is 14.3 Å². The first-order valence-electron chi connectivity index (χ1n) is 7.35. The average molecular weight is 379 g/mol. The second-order valence-electron chi connectivity index (χ2n) is 4.91. The zero-order chi connectivity index (χ0) is 19.1. The van der Waals surface area contributed by atoms with Crippen molar-refractivity contribution in [3.05, 3.63) is 44.6 Å². The summed E-state index contributed by atoms with van der Waals surface area (Å²) in [6.45, 7) is 1.58. The zero-order valence-electron chi connectivity index (χ0n) is 14.2. The van der Waals surface area contributed by atoms with Gasteiger partial charge in [0.1, 0.15) is 11.5 Å². The molecule has 1 heterocycles. The van der Waals surface area contributed by atoms with E-state index in [0.717, 1.165) is 11.8 Å². The highest BCUT2D eigenvalue weighted by molar-refractivity contribution is 8.00. The molecule has 2 rings (SSSR count). The summed E-state index contributed by atoms with van der Waals surface area (Å²) in [7, 11) is 3.06. The van der Waals surface area contributed by atoms with E-state index in [4.69, 9.17) is 9.47 Å². The van der Waals surface area contributed by atoms with Crippen molar-refractivity contribution >= 4 is 23.9 Å². The fourth-order valence-electron chi connectivity index (χ4n) is 1.83. The SMILES string of the molecule is COc1ccc(OC)c(/C=N/NC(=O)C(C)Sc2n[nH]c(=O)[nH]c2=O)c1. The highest BCUT2D eigenvalue weighted by Gasteiger charge is 2.17. The van der Waals surface area contributed by atoms with Gasteiger partial charge in [-0.3, -0.25) is 14.6 Å². The summed E-state index contributed by atoms with van der Waals surface area (Å²) in [5, 5.41) is 8.90. The van der Waals surface area contributed by atoms with Gasteiger partial charge in [-0.15, -0.1) is 0 Å². The second kappa shape index (κ2) is 8.85. The molecule has 10 nitrogen and oxygen atoms in total. The number of hydrogen-bond donors (Lipinski definition) is 3. The van der Waals surface area contributed by atoms with Crippen LogP contribution in [0.4, 0.5) is 0 Å². The minimum Gasteiger partial charge on any atom is -0.497 e. The maximum Gasteiger partial charge on any atom is 0.342 e. The maximum absolute atomic E-state index is 12.1. The molecule has 138 valence electrons. The van der Waals surface area contributed by atoms with Crippen LogP contribution in [0.2, 0.25) is 0 Å². The highest BCUT2D eigenvalue weighted by Crippen LogP contribution is 2.22. The fraction of sp³-hybridized carbons (Fsp3) is 0.267. The van der Waals surface area contributed by atoms with E-state index in [9.17, 15) is 14.4 Å². The van der Waals surface area contributed by atoms with Gasteiger partial charge in [0, 0.05) is 5.56 Å². The topological polar surface area (TPSA) is 139 Å². The smallest absolute Gasteiger partial charge is 0.342 e. The van der Waals surface area contributed by atoms with Crippen LogP contribution in [-0.4, -0.2) is 46.8 Å². The number of amides is 1. The molecule has 0 radical (unpaired) electrons. The summed E-state index contributed by atoms with van der Waals surface area (Å²) in [5.74, 6) is 0.738. The minimum absolute atomic E-state index is 0.0225. The number of thioether (sulfide) groups is 1. The van der Waals surface area contributed by atoms with Crippen LogP contribution in [0, 0.1) is 0 Å². The number of nitrogens with zero attached hydrogens (tertiary/aromatic N) is 2. The molecule has 0 aliphatic carbocycles. The predicted molar refractivity (Wildman–Crippen MR) is 96.1 cm³/mol. The Hall–Kier alpha value is -3.08. The molecule has 1 aromatic carbocycles. The van der Waals surface area contributed by atoms with Crippen LogP contribution in [0.25, 0.3) is 0 Å². The van der Waals surface area contributed by atoms with Gasteiger partial charge in [0.2, 0.25) is 0 Å². The Morgan fingerprint density at radius 1 is 1.35 bits per heavy atom. The number of hydrazone groups is 1. The third-order valence-corrected chi connectivity index (χ3v) is 4.22.